The van der Waals surface area contributed by atoms with Gasteiger partial charge in [0.2, 0.25) is 0 Å². The number of ether oxygens (including phenoxy) is 1. The molecule has 1 aromatic heterocycles. The second-order valence-electron chi connectivity index (χ2n) is 2.28. The topological polar surface area (TPSA) is 45.9 Å². The van der Waals surface area contributed by atoms with E-state index >= 15 is 0 Å². The van der Waals surface area contributed by atoms with E-state index in [-0.39, 0.29) is 12.1 Å². The molecular formula is C8H5F3N2O. The van der Waals surface area contributed by atoms with Gasteiger partial charge in [-0.25, -0.2) is 4.39 Å². The van der Waals surface area contributed by atoms with Crippen molar-refractivity contribution < 1.29 is 17.9 Å². The van der Waals surface area contributed by atoms with Crippen LogP contribution in [0.3, 0.4) is 0 Å². The fraction of sp³-hybridized carbons (Fsp3) is 0.250. The Balaban J connectivity index is 2.96. The Kier molecular flexibility index (Phi) is 3.29. The van der Waals surface area contributed by atoms with Crippen LogP contribution in [0.25, 0.3) is 0 Å². The highest BCUT2D eigenvalue weighted by molar-refractivity contribution is 5.26. The van der Waals surface area contributed by atoms with Crippen molar-refractivity contribution in [2.24, 2.45) is 0 Å². The normalized spacial score (nSPS) is 9.93. The molecule has 1 aromatic rings. The van der Waals surface area contributed by atoms with Crippen LogP contribution in [0.5, 0.6) is 5.75 Å². The monoisotopic (exact) mass is 202 g/mol. The zero-order valence-electron chi connectivity index (χ0n) is 6.88. The first-order valence-corrected chi connectivity index (χ1v) is 3.60. The van der Waals surface area contributed by atoms with Gasteiger partial charge in [0.1, 0.15) is 0 Å². The molecule has 0 saturated heterocycles. The van der Waals surface area contributed by atoms with Gasteiger partial charge in [0.15, 0.2) is 11.6 Å². The van der Waals surface area contributed by atoms with E-state index in [1.165, 1.54) is 0 Å². The molecule has 0 radical (unpaired) electrons. The lowest BCUT2D eigenvalue weighted by Gasteiger charge is -2.06. The van der Waals surface area contributed by atoms with E-state index in [0.29, 0.717) is 0 Å². The fourth-order valence-electron chi connectivity index (χ4n) is 0.852. The van der Waals surface area contributed by atoms with Crippen molar-refractivity contribution in [1.29, 1.82) is 5.26 Å². The second kappa shape index (κ2) is 4.46. The van der Waals surface area contributed by atoms with Gasteiger partial charge in [-0.3, -0.25) is 4.98 Å². The van der Waals surface area contributed by atoms with Crippen molar-refractivity contribution in [1.82, 2.24) is 4.98 Å². The van der Waals surface area contributed by atoms with Crippen LogP contribution in [-0.4, -0.2) is 11.6 Å². The summed E-state index contributed by atoms with van der Waals surface area (Å²) >= 11 is 0. The molecule has 14 heavy (non-hydrogen) atoms. The zero-order valence-corrected chi connectivity index (χ0v) is 6.88. The van der Waals surface area contributed by atoms with Crippen LogP contribution in [-0.2, 0) is 6.42 Å². The van der Waals surface area contributed by atoms with Crippen molar-refractivity contribution in [2.45, 2.75) is 13.0 Å². The van der Waals surface area contributed by atoms with E-state index in [9.17, 15) is 13.2 Å². The number of rotatable bonds is 3. The van der Waals surface area contributed by atoms with Crippen molar-refractivity contribution >= 4 is 0 Å². The molecule has 0 aliphatic rings. The van der Waals surface area contributed by atoms with Crippen LogP contribution in [0, 0.1) is 17.1 Å². The molecule has 1 heterocycles. The van der Waals surface area contributed by atoms with E-state index in [1.54, 1.807) is 6.07 Å². The molecule has 0 atom stereocenters. The Hall–Kier alpha value is -1.77. The maximum absolute atomic E-state index is 13.1. The fourth-order valence-corrected chi connectivity index (χ4v) is 0.852. The SMILES string of the molecule is N#CCc1nccc(OC(F)F)c1F. The zero-order chi connectivity index (χ0) is 10.6. The third kappa shape index (κ3) is 2.36. The van der Waals surface area contributed by atoms with Crippen LogP contribution in [0.2, 0.25) is 0 Å². The quantitative estimate of drug-likeness (QED) is 0.751. The average molecular weight is 202 g/mol. The largest absolute Gasteiger partial charge is 0.432 e. The summed E-state index contributed by atoms with van der Waals surface area (Å²) in [4.78, 5) is 3.51. The molecule has 1 rings (SSSR count). The summed E-state index contributed by atoms with van der Waals surface area (Å²) in [7, 11) is 0. The number of pyridine rings is 1. The third-order valence-electron chi connectivity index (χ3n) is 1.39. The Morgan fingerprint density at radius 3 is 2.86 bits per heavy atom. The summed E-state index contributed by atoms with van der Waals surface area (Å²) in [5, 5.41) is 8.27. The van der Waals surface area contributed by atoms with E-state index in [0.717, 1.165) is 12.3 Å². The van der Waals surface area contributed by atoms with E-state index in [1.807, 2.05) is 0 Å². The highest BCUT2D eigenvalue weighted by Crippen LogP contribution is 2.20. The minimum absolute atomic E-state index is 0.203. The highest BCUT2D eigenvalue weighted by Gasteiger charge is 2.13. The lowest BCUT2D eigenvalue weighted by atomic mass is 10.2. The van der Waals surface area contributed by atoms with E-state index in [2.05, 4.69) is 9.72 Å². The van der Waals surface area contributed by atoms with Crippen molar-refractivity contribution in [3.05, 3.63) is 23.8 Å². The summed E-state index contributed by atoms with van der Waals surface area (Å²) in [6.07, 6.45) is 0.819. The van der Waals surface area contributed by atoms with Crippen LogP contribution in [0.4, 0.5) is 13.2 Å². The Morgan fingerprint density at radius 2 is 2.29 bits per heavy atom. The molecule has 0 bridgehead atoms. The van der Waals surface area contributed by atoms with Crippen molar-refractivity contribution in [3.8, 4) is 11.8 Å². The van der Waals surface area contributed by atoms with Gasteiger partial charge in [0.25, 0.3) is 0 Å². The summed E-state index contributed by atoms with van der Waals surface area (Å²) < 4.78 is 40.5. The molecule has 0 aliphatic carbocycles. The van der Waals surface area contributed by atoms with Gasteiger partial charge in [-0.2, -0.15) is 14.0 Å². The molecule has 0 aliphatic heterocycles. The van der Waals surface area contributed by atoms with E-state index in [4.69, 9.17) is 5.26 Å². The lowest BCUT2D eigenvalue weighted by Crippen LogP contribution is -2.06. The van der Waals surface area contributed by atoms with Crippen molar-refractivity contribution in [3.63, 3.8) is 0 Å². The third-order valence-corrected chi connectivity index (χ3v) is 1.39. The number of hydrogen-bond donors (Lipinski definition) is 0. The van der Waals surface area contributed by atoms with Gasteiger partial charge in [-0.1, -0.05) is 0 Å². The maximum Gasteiger partial charge on any atom is 0.387 e. The number of halogens is 3. The summed E-state index contributed by atoms with van der Waals surface area (Å²) in [5.41, 5.74) is -0.203. The number of aromatic nitrogens is 1. The smallest absolute Gasteiger partial charge is 0.387 e. The van der Waals surface area contributed by atoms with Gasteiger partial charge in [0, 0.05) is 12.3 Å². The Morgan fingerprint density at radius 1 is 1.57 bits per heavy atom. The summed E-state index contributed by atoms with van der Waals surface area (Å²) in [5.74, 6) is -1.62. The Labute approximate surface area is 77.7 Å². The van der Waals surface area contributed by atoms with Crippen LogP contribution >= 0.6 is 0 Å². The van der Waals surface area contributed by atoms with Gasteiger partial charge in [-0.05, 0) is 0 Å². The van der Waals surface area contributed by atoms with Crippen LogP contribution in [0.1, 0.15) is 5.69 Å². The minimum atomic E-state index is -3.10. The molecule has 0 unspecified atom stereocenters. The summed E-state index contributed by atoms with van der Waals surface area (Å²) in [6, 6.07) is 2.63. The predicted molar refractivity (Wildman–Crippen MR) is 40.1 cm³/mol. The lowest BCUT2D eigenvalue weighted by molar-refractivity contribution is -0.0523. The molecular weight excluding hydrogens is 197 g/mol. The molecule has 0 saturated carbocycles. The van der Waals surface area contributed by atoms with Crippen LogP contribution in [0.15, 0.2) is 12.3 Å². The van der Waals surface area contributed by atoms with Gasteiger partial charge in [0.05, 0.1) is 18.2 Å². The Bertz CT molecular complexity index is 362. The second-order valence-corrected chi connectivity index (χ2v) is 2.28. The first-order chi connectivity index (χ1) is 6.65. The van der Waals surface area contributed by atoms with Gasteiger partial charge in [-0.15, -0.1) is 0 Å². The first-order valence-electron chi connectivity index (χ1n) is 3.60. The molecule has 0 spiro atoms. The van der Waals surface area contributed by atoms with E-state index < -0.39 is 18.2 Å². The van der Waals surface area contributed by atoms with Crippen molar-refractivity contribution in [2.75, 3.05) is 0 Å². The standard InChI is InChI=1S/C8H5F3N2O/c9-7-5(1-3-12)13-4-2-6(7)14-8(10)11/h2,4,8H,1H2. The number of hydrogen-bond acceptors (Lipinski definition) is 3. The average Bonchev–Trinajstić information content (AvgIpc) is 2.11. The van der Waals surface area contributed by atoms with Gasteiger partial charge >= 0.3 is 6.61 Å². The number of nitriles is 1. The molecule has 74 valence electrons. The number of alkyl halides is 2. The molecule has 3 nitrogen and oxygen atoms in total. The molecule has 0 fully saturated rings. The first kappa shape index (κ1) is 10.3. The molecule has 0 N–H and O–H groups in total. The van der Waals surface area contributed by atoms with Crippen LogP contribution < -0.4 is 4.74 Å². The maximum atomic E-state index is 13.1. The molecule has 0 amide bonds. The number of nitrogens with zero attached hydrogens (tertiary/aromatic N) is 2. The van der Waals surface area contributed by atoms with Gasteiger partial charge < -0.3 is 4.74 Å². The molecule has 0 aromatic carbocycles. The molecule has 6 heteroatoms. The minimum Gasteiger partial charge on any atom is -0.432 e. The summed E-state index contributed by atoms with van der Waals surface area (Å²) in [6.45, 7) is -3.10. The predicted octanol–water partition coefficient (Wildman–Crippen LogP) is 1.89. The highest BCUT2D eigenvalue weighted by atomic mass is 19.3.